The molecule has 0 spiro atoms. The highest BCUT2D eigenvalue weighted by Crippen LogP contribution is 2.45. The molecule has 0 bridgehead atoms. The van der Waals surface area contributed by atoms with Crippen LogP contribution in [0.4, 0.5) is 5.82 Å². The second-order valence-electron chi connectivity index (χ2n) is 5.37. The van der Waals surface area contributed by atoms with Crippen LogP contribution in [0.5, 0.6) is 0 Å². The van der Waals surface area contributed by atoms with Gasteiger partial charge in [0.1, 0.15) is 0 Å². The molecule has 3 rings (SSSR count). The average molecular weight is 270 g/mol. The van der Waals surface area contributed by atoms with Crippen LogP contribution in [0, 0.1) is 11.8 Å². The van der Waals surface area contributed by atoms with Gasteiger partial charge in [-0.25, -0.2) is 18.1 Å². The number of aryl methyl sites for hydroxylation is 1. The van der Waals surface area contributed by atoms with E-state index in [1.807, 2.05) is 0 Å². The van der Waals surface area contributed by atoms with Crippen molar-refractivity contribution in [2.45, 2.75) is 36.8 Å². The van der Waals surface area contributed by atoms with Gasteiger partial charge in [0.25, 0.3) is 10.0 Å². The number of anilines is 1. The van der Waals surface area contributed by atoms with Gasteiger partial charge in [-0.2, -0.15) is 0 Å². The minimum absolute atomic E-state index is 0.0651. The zero-order valence-electron chi connectivity index (χ0n) is 10.3. The lowest BCUT2D eigenvalue weighted by atomic mass is 10.1. The first-order chi connectivity index (χ1) is 8.49. The fourth-order valence-electron chi connectivity index (χ4n) is 2.49. The number of hydrogen-bond acceptors (Lipinski definition) is 4. The minimum atomic E-state index is -3.56. The van der Waals surface area contributed by atoms with Gasteiger partial charge in [0.05, 0.1) is 6.33 Å². The van der Waals surface area contributed by atoms with Crippen LogP contribution in [0.25, 0.3) is 0 Å². The number of hydrogen-bond donors (Lipinski definition) is 2. The Kier molecular flexibility index (Phi) is 2.63. The van der Waals surface area contributed by atoms with Gasteiger partial charge in [-0.1, -0.05) is 0 Å². The molecule has 0 saturated heterocycles. The topological polar surface area (TPSA) is 90.0 Å². The number of nitrogens with one attached hydrogen (secondary N) is 1. The fraction of sp³-hybridized carbons (Fsp3) is 0.727. The van der Waals surface area contributed by atoms with Crippen molar-refractivity contribution < 1.29 is 8.42 Å². The summed E-state index contributed by atoms with van der Waals surface area (Å²) in [5.41, 5.74) is 5.64. The molecule has 100 valence electrons. The van der Waals surface area contributed by atoms with Crippen LogP contribution < -0.4 is 10.5 Å². The molecule has 1 aromatic heterocycles. The van der Waals surface area contributed by atoms with Gasteiger partial charge >= 0.3 is 0 Å². The standard InChI is InChI=1S/C11H18N4O2S/c1-15-6-13-10(12)11(15)18(16,17)14-9(7-2-3-7)8-4-5-8/h6-9,14H,2-5,12H2,1H3. The lowest BCUT2D eigenvalue weighted by Gasteiger charge is -2.17. The van der Waals surface area contributed by atoms with E-state index in [0.29, 0.717) is 11.8 Å². The van der Waals surface area contributed by atoms with Crippen LogP contribution in [-0.4, -0.2) is 24.0 Å². The van der Waals surface area contributed by atoms with Crippen molar-refractivity contribution in [1.29, 1.82) is 0 Å². The monoisotopic (exact) mass is 270 g/mol. The van der Waals surface area contributed by atoms with Crippen molar-refractivity contribution in [1.82, 2.24) is 14.3 Å². The number of rotatable bonds is 5. The molecule has 1 heterocycles. The summed E-state index contributed by atoms with van der Waals surface area (Å²) in [5.74, 6) is 1.10. The number of nitrogen functional groups attached to an aromatic ring is 1. The maximum atomic E-state index is 12.4. The Morgan fingerprint density at radius 1 is 1.39 bits per heavy atom. The fourth-order valence-corrected chi connectivity index (χ4v) is 4.10. The molecule has 2 aliphatic carbocycles. The van der Waals surface area contributed by atoms with Crippen LogP contribution in [0.1, 0.15) is 25.7 Å². The van der Waals surface area contributed by atoms with Crippen LogP contribution in [0.2, 0.25) is 0 Å². The predicted octanol–water partition coefficient (Wildman–Crippen LogP) is 0.469. The smallest absolute Gasteiger partial charge is 0.260 e. The molecule has 2 aliphatic rings. The first-order valence-electron chi connectivity index (χ1n) is 6.28. The third-order valence-electron chi connectivity index (χ3n) is 3.72. The molecular weight excluding hydrogens is 252 g/mol. The largest absolute Gasteiger partial charge is 0.381 e. The second kappa shape index (κ2) is 3.96. The highest BCUT2D eigenvalue weighted by molar-refractivity contribution is 7.89. The highest BCUT2D eigenvalue weighted by atomic mass is 32.2. The summed E-state index contributed by atoms with van der Waals surface area (Å²) in [4.78, 5) is 3.83. The van der Waals surface area contributed by atoms with Crippen molar-refractivity contribution in [2.75, 3.05) is 5.73 Å². The van der Waals surface area contributed by atoms with Crippen molar-refractivity contribution in [2.24, 2.45) is 18.9 Å². The van der Waals surface area contributed by atoms with Gasteiger partial charge in [0, 0.05) is 13.1 Å². The third kappa shape index (κ3) is 2.12. The molecule has 0 atom stereocenters. The Morgan fingerprint density at radius 3 is 2.33 bits per heavy atom. The van der Waals surface area contributed by atoms with Crippen molar-refractivity contribution in [3.63, 3.8) is 0 Å². The number of imidazole rings is 1. The summed E-state index contributed by atoms with van der Waals surface area (Å²) in [6.45, 7) is 0. The lowest BCUT2D eigenvalue weighted by Crippen LogP contribution is -2.39. The molecule has 1 aromatic rings. The van der Waals surface area contributed by atoms with Crippen molar-refractivity contribution >= 4 is 15.8 Å². The Morgan fingerprint density at radius 2 is 1.94 bits per heavy atom. The van der Waals surface area contributed by atoms with E-state index in [9.17, 15) is 8.42 Å². The maximum absolute atomic E-state index is 12.4. The number of nitrogens with two attached hydrogens (primary N) is 1. The molecule has 18 heavy (non-hydrogen) atoms. The van der Waals surface area contributed by atoms with Crippen molar-refractivity contribution in [3.05, 3.63) is 6.33 Å². The summed E-state index contributed by atoms with van der Waals surface area (Å²) in [5, 5.41) is 0.0776. The van der Waals surface area contributed by atoms with E-state index in [1.54, 1.807) is 7.05 Å². The first kappa shape index (κ1) is 12.0. The molecule has 0 amide bonds. The highest BCUT2D eigenvalue weighted by Gasteiger charge is 2.44. The average Bonchev–Trinajstić information content (AvgIpc) is 3.15. The zero-order chi connectivity index (χ0) is 12.9. The van der Waals surface area contributed by atoms with E-state index in [2.05, 4.69) is 9.71 Å². The first-order valence-corrected chi connectivity index (χ1v) is 7.76. The number of nitrogens with zero attached hydrogens (tertiary/aromatic N) is 2. The number of aromatic nitrogens is 2. The SMILES string of the molecule is Cn1cnc(N)c1S(=O)(=O)NC(C1CC1)C1CC1. The molecule has 0 aromatic carbocycles. The molecule has 6 nitrogen and oxygen atoms in total. The van der Waals surface area contributed by atoms with E-state index in [-0.39, 0.29) is 16.9 Å². The van der Waals surface area contributed by atoms with Gasteiger partial charge in [-0.3, -0.25) is 0 Å². The maximum Gasteiger partial charge on any atom is 0.260 e. The molecule has 7 heteroatoms. The molecule has 0 radical (unpaired) electrons. The van der Waals surface area contributed by atoms with E-state index in [4.69, 9.17) is 5.73 Å². The summed E-state index contributed by atoms with van der Waals surface area (Å²) < 4.78 is 29.0. The molecular formula is C11H18N4O2S. The lowest BCUT2D eigenvalue weighted by molar-refractivity contribution is 0.468. The summed E-state index contributed by atoms with van der Waals surface area (Å²) in [7, 11) is -1.92. The quantitative estimate of drug-likeness (QED) is 0.813. The van der Waals surface area contributed by atoms with Gasteiger partial charge in [-0.15, -0.1) is 0 Å². The third-order valence-corrected chi connectivity index (χ3v) is 5.30. The Hall–Kier alpha value is -1.08. The normalized spacial score (nSPS) is 20.6. The molecule has 0 aliphatic heterocycles. The van der Waals surface area contributed by atoms with Crippen LogP contribution >= 0.6 is 0 Å². The van der Waals surface area contributed by atoms with Gasteiger partial charge < -0.3 is 10.3 Å². The molecule has 3 N–H and O–H groups in total. The molecule has 0 unspecified atom stereocenters. The van der Waals surface area contributed by atoms with Crippen LogP contribution in [0.3, 0.4) is 0 Å². The van der Waals surface area contributed by atoms with Gasteiger partial charge in [-0.05, 0) is 37.5 Å². The molecule has 2 saturated carbocycles. The van der Waals surface area contributed by atoms with E-state index in [1.165, 1.54) is 10.9 Å². The number of sulfonamides is 1. The molecule has 2 fully saturated rings. The van der Waals surface area contributed by atoms with Crippen molar-refractivity contribution in [3.8, 4) is 0 Å². The summed E-state index contributed by atoms with van der Waals surface area (Å²) in [6, 6.07) is 0.0873. The second-order valence-corrected chi connectivity index (χ2v) is 7.00. The summed E-state index contributed by atoms with van der Waals surface area (Å²) >= 11 is 0. The van der Waals surface area contributed by atoms with Crippen LogP contribution in [0.15, 0.2) is 11.4 Å². The van der Waals surface area contributed by atoms with E-state index in [0.717, 1.165) is 25.7 Å². The Labute approximate surface area is 107 Å². The Balaban J connectivity index is 1.86. The summed E-state index contributed by atoms with van der Waals surface area (Å²) in [6.07, 6.45) is 5.94. The van der Waals surface area contributed by atoms with Crippen LogP contribution in [-0.2, 0) is 17.1 Å². The van der Waals surface area contributed by atoms with Gasteiger partial charge in [0.15, 0.2) is 10.8 Å². The Bertz CT molecular complexity index is 526. The predicted molar refractivity (Wildman–Crippen MR) is 67.2 cm³/mol. The zero-order valence-corrected chi connectivity index (χ0v) is 11.2. The van der Waals surface area contributed by atoms with E-state index < -0.39 is 10.0 Å². The van der Waals surface area contributed by atoms with Gasteiger partial charge in [0.2, 0.25) is 0 Å². The minimum Gasteiger partial charge on any atom is -0.381 e. The van der Waals surface area contributed by atoms with E-state index >= 15 is 0 Å².